The number of pyridine rings is 2. The summed E-state index contributed by atoms with van der Waals surface area (Å²) in [5, 5.41) is 19.1. The van der Waals surface area contributed by atoms with Crippen LogP contribution in [0.2, 0.25) is 0 Å². The number of fused-ring (bicyclic) bond motifs is 1. The second-order valence-electron chi connectivity index (χ2n) is 6.69. The van der Waals surface area contributed by atoms with Crippen LogP contribution in [0.1, 0.15) is 15.9 Å². The maximum Gasteiger partial charge on any atom is 0.345 e. The largest absolute Gasteiger partial charge is 0.506 e. The fourth-order valence-electron chi connectivity index (χ4n) is 3.64. The Morgan fingerprint density at radius 2 is 2.04 bits per heavy atom. The first-order valence-corrected chi connectivity index (χ1v) is 8.04. The van der Waals surface area contributed by atoms with Crippen LogP contribution in [-0.2, 0) is 0 Å². The molecular formula is C17H18N4O4. The van der Waals surface area contributed by atoms with Crippen LogP contribution in [0.5, 0.6) is 5.75 Å². The third kappa shape index (κ3) is 2.37. The van der Waals surface area contributed by atoms with Gasteiger partial charge in [0.2, 0.25) is 0 Å². The first kappa shape index (κ1) is 15.6. The minimum absolute atomic E-state index is 0.269. The van der Waals surface area contributed by atoms with Crippen LogP contribution in [0.15, 0.2) is 23.1 Å². The van der Waals surface area contributed by atoms with E-state index in [0.717, 1.165) is 18.8 Å². The van der Waals surface area contributed by atoms with E-state index < -0.39 is 22.8 Å². The van der Waals surface area contributed by atoms with Crippen LogP contribution < -0.4 is 16.2 Å². The predicted octanol–water partition coefficient (Wildman–Crippen LogP) is 0.542. The molecule has 0 bridgehead atoms. The Kier molecular flexibility index (Phi) is 3.33. The number of nitrogens with one attached hydrogen (secondary N) is 1. The minimum atomic E-state index is -1.47. The van der Waals surface area contributed by atoms with Crippen molar-refractivity contribution in [2.24, 2.45) is 17.6 Å². The lowest BCUT2D eigenvalue weighted by Gasteiger charge is -2.21. The van der Waals surface area contributed by atoms with Crippen LogP contribution in [0, 0.1) is 18.8 Å². The molecule has 4 rings (SSSR count). The number of aromatic amines is 1. The summed E-state index contributed by atoms with van der Waals surface area (Å²) in [5.74, 6) is -0.870. The van der Waals surface area contributed by atoms with E-state index in [4.69, 9.17) is 10.8 Å². The van der Waals surface area contributed by atoms with Gasteiger partial charge in [0.1, 0.15) is 5.75 Å². The van der Waals surface area contributed by atoms with Crippen molar-refractivity contribution in [1.82, 2.24) is 9.97 Å². The Hall–Kier alpha value is -2.87. The number of carboxylic acids is 1. The molecule has 0 aromatic carbocycles. The van der Waals surface area contributed by atoms with Crippen LogP contribution in [0.25, 0.3) is 11.4 Å². The molecule has 3 heterocycles. The molecule has 8 nitrogen and oxygen atoms in total. The Labute approximate surface area is 142 Å². The second-order valence-corrected chi connectivity index (χ2v) is 6.69. The molecule has 0 spiro atoms. The number of H-pyrrole nitrogens is 1. The number of aromatic nitrogens is 2. The zero-order chi connectivity index (χ0) is 17.9. The van der Waals surface area contributed by atoms with Crippen molar-refractivity contribution in [1.29, 1.82) is 0 Å². The topological polar surface area (TPSA) is 133 Å². The van der Waals surface area contributed by atoms with E-state index >= 15 is 0 Å². The smallest absolute Gasteiger partial charge is 0.345 e. The SMILES string of the molecule is Cc1c(-c2ccc(N3C[C@@H]4[C@H](N)[C@@H]4C3)cn2)[nH]c(=O)c(C(=O)O)c1O. The van der Waals surface area contributed by atoms with Crippen LogP contribution in [0.4, 0.5) is 5.69 Å². The summed E-state index contributed by atoms with van der Waals surface area (Å²) in [7, 11) is 0. The van der Waals surface area contributed by atoms with Crippen molar-refractivity contribution >= 4 is 11.7 Å². The van der Waals surface area contributed by atoms with Crippen molar-refractivity contribution in [2.75, 3.05) is 18.0 Å². The first-order valence-electron chi connectivity index (χ1n) is 8.04. The number of nitrogens with two attached hydrogens (primary N) is 1. The highest BCUT2D eigenvalue weighted by atomic mass is 16.4. The first-order chi connectivity index (χ1) is 11.9. The lowest BCUT2D eigenvalue weighted by molar-refractivity contribution is 0.0691. The highest BCUT2D eigenvalue weighted by Gasteiger charge is 2.53. The molecule has 1 aliphatic heterocycles. The summed E-state index contributed by atoms with van der Waals surface area (Å²) in [6.07, 6.45) is 1.71. The summed E-state index contributed by atoms with van der Waals surface area (Å²) in [6, 6.07) is 3.97. The van der Waals surface area contributed by atoms with Gasteiger partial charge in [-0.15, -0.1) is 0 Å². The van der Waals surface area contributed by atoms with E-state index in [1.54, 1.807) is 12.3 Å². The number of aromatic carboxylic acids is 1. The molecule has 5 N–H and O–H groups in total. The highest BCUT2D eigenvalue weighted by molar-refractivity contribution is 5.91. The highest BCUT2D eigenvalue weighted by Crippen LogP contribution is 2.45. The van der Waals surface area contributed by atoms with Crippen molar-refractivity contribution in [2.45, 2.75) is 13.0 Å². The zero-order valence-corrected chi connectivity index (χ0v) is 13.6. The molecule has 25 heavy (non-hydrogen) atoms. The number of carbonyl (C=O) groups is 1. The second kappa shape index (κ2) is 5.32. The van der Waals surface area contributed by atoms with E-state index in [1.165, 1.54) is 6.92 Å². The Bertz CT molecular complexity index is 909. The average molecular weight is 342 g/mol. The summed E-state index contributed by atoms with van der Waals surface area (Å²) in [6.45, 7) is 3.39. The third-order valence-electron chi connectivity index (χ3n) is 5.28. The number of carboxylic acid groups (broad SMARTS) is 1. The molecule has 1 aliphatic carbocycles. The van der Waals surface area contributed by atoms with Gasteiger partial charge in [-0.1, -0.05) is 0 Å². The molecule has 2 aliphatic rings. The molecule has 3 atom stereocenters. The van der Waals surface area contributed by atoms with Crippen LogP contribution >= 0.6 is 0 Å². The van der Waals surface area contributed by atoms with Gasteiger partial charge in [0, 0.05) is 24.7 Å². The van der Waals surface area contributed by atoms with Crippen molar-refractivity contribution in [3.63, 3.8) is 0 Å². The number of rotatable bonds is 3. The van der Waals surface area contributed by atoms with Crippen molar-refractivity contribution in [3.8, 4) is 17.1 Å². The quantitative estimate of drug-likeness (QED) is 0.640. The van der Waals surface area contributed by atoms with E-state index in [9.17, 15) is 14.7 Å². The van der Waals surface area contributed by atoms with Gasteiger partial charge in [0.05, 0.1) is 23.3 Å². The summed E-state index contributed by atoms with van der Waals surface area (Å²) in [5.41, 5.74) is 6.46. The normalized spacial score (nSPS) is 24.2. The van der Waals surface area contributed by atoms with Crippen molar-refractivity contribution < 1.29 is 15.0 Å². The number of hydrogen-bond acceptors (Lipinski definition) is 6. The molecule has 8 heteroatoms. The fourth-order valence-corrected chi connectivity index (χ4v) is 3.64. The minimum Gasteiger partial charge on any atom is -0.506 e. The van der Waals surface area contributed by atoms with Gasteiger partial charge in [-0.3, -0.25) is 9.78 Å². The zero-order valence-electron chi connectivity index (χ0n) is 13.6. The number of nitrogens with zero attached hydrogens (tertiary/aromatic N) is 2. The molecular weight excluding hydrogens is 324 g/mol. The maximum absolute atomic E-state index is 11.9. The van der Waals surface area contributed by atoms with E-state index in [-0.39, 0.29) is 5.56 Å². The summed E-state index contributed by atoms with van der Waals surface area (Å²) >= 11 is 0. The lowest BCUT2D eigenvalue weighted by atomic mass is 10.1. The Morgan fingerprint density at radius 1 is 1.36 bits per heavy atom. The van der Waals surface area contributed by atoms with Gasteiger partial charge < -0.3 is 25.8 Å². The molecule has 0 amide bonds. The summed E-state index contributed by atoms with van der Waals surface area (Å²) < 4.78 is 0. The molecule has 1 saturated carbocycles. The number of hydrogen-bond donors (Lipinski definition) is 4. The van der Waals surface area contributed by atoms with Gasteiger partial charge in [-0.05, 0) is 30.9 Å². The Balaban J connectivity index is 1.65. The average Bonchev–Trinajstić information content (AvgIpc) is 2.98. The molecule has 2 fully saturated rings. The van der Waals surface area contributed by atoms with Gasteiger partial charge >= 0.3 is 5.97 Å². The van der Waals surface area contributed by atoms with Crippen LogP contribution in [-0.4, -0.2) is 45.3 Å². The monoisotopic (exact) mass is 342 g/mol. The number of aromatic hydroxyl groups is 1. The predicted molar refractivity (Wildman–Crippen MR) is 90.8 cm³/mol. The van der Waals surface area contributed by atoms with E-state index in [0.29, 0.717) is 29.3 Å². The summed E-state index contributed by atoms with van der Waals surface area (Å²) in [4.78, 5) is 32.1. The molecule has 2 aromatic heterocycles. The van der Waals surface area contributed by atoms with Crippen molar-refractivity contribution in [3.05, 3.63) is 39.8 Å². The molecule has 0 radical (unpaired) electrons. The number of anilines is 1. The van der Waals surface area contributed by atoms with Gasteiger partial charge in [0.25, 0.3) is 5.56 Å². The molecule has 1 saturated heterocycles. The standard InChI is InChI=1S/C17H18N4O4/c1-7-14(20-16(23)12(15(7)22)17(24)25)11-3-2-8(4-19-11)21-5-9-10(6-21)13(9)18/h2-4,9-10,13H,5-6,18H2,1H3,(H,24,25)(H2,20,22,23)/t9-,10+,13-. The maximum atomic E-state index is 11.9. The number of piperidine rings is 1. The van der Waals surface area contributed by atoms with Gasteiger partial charge in [-0.25, -0.2) is 4.79 Å². The Morgan fingerprint density at radius 3 is 2.60 bits per heavy atom. The fraction of sp³-hybridized carbons (Fsp3) is 0.353. The third-order valence-corrected chi connectivity index (χ3v) is 5.28. The van der Waals surface area contributed by atoms with Gasteiger partial charge in [-0.2, -0.15) is 0 Å². The van der Waals surface area contributed by atoms with Crippen LogP contribution in [0.3, 0.4) is 0 Å². The molecule has 0 unspecified atom stereocenters. The molecule has 2 aromatic rings. The van der Waals surface area contributed by atoms with Gasteiger partial charge in [0.15, 0.2) is 5.56 Å². The van der Waals surface area contributed by atoms with E-state index in [2.05, 4.69) is 14.9 Å². The molecule has 130 valence electrons. The lowest BCUT2D eigenvalue weighted by Crippen LogP contribution is -2.28. The van der Waals surface area contributed by atoms with E-state index in [1.807, 2.05) is 6.07 Å².